The Hall–Kier alpha value is -3.36. The molecule has 2 aromatic heterocycles. The second kappa shape index (κ2) is 6.99. The van der Waals surface area contributed by atoms with Crippen molar-refractivity contribution in [3.05, 3.63) is 108 Å². The van der Waals surface area contributed by atoms with Crippen molar-refractivity contribution in [3.8, 4) is 33.5 Å². The van der Waals surface area contributed by atoms with Crippen molar-refractivity contribution in [2.45, 2.75) is 0 Å². The number of imidazole rings is 1. The normalized spacial score (nSPS) is 11.0. The van der Waals surface area contributed by atoms with Crippen LogP contribution in [0.4, 0.5) is 0 Å². The molecule has 0 amide bonds. The van der Waals surface area contributed by atoms with Crippen molar-refractivity contribution in [2.75, 3.05) is 0 Å². The van der Waals surface area contributed by atoms with E-state index >= 15 is 0 Å². The smallest absolute Gasteiger partial charge is 0.145 e. The molecule has 5 rings (SSSR count). The molecule has 0 saturated carbocycles. The standard InChI is InChI=1S/C25H17ClN2/c26-22-13-11-18(12-14-22)21-15-23(19-7-3-1-4-8-19)25-27-24(17-28(25)16-21)20-9-5-2-6-10-20/h1-17H. The molecule has 0 aliphatic rings. The first-order valence-corrected chi connectivity index (χ1v) is 9.55. The first kappa shape index (κ1) is 16.8. The van der Waals surface area contributed by atoms with E-state index in [9.17, 15) is 0 Å². The van der Waals surface area contributed by atoms with E-state index in [0.717, 1.165) is 44.2 Å². The molecule has 28 heavy (non-hydrogen) atoms. The van der Waals surface area contributed by atoms with Crippen LogP contribution in [-0.4, -0.2) is 9.38 Å². The highest BCUT2D eigenvalue weighted by atomic mass is 35.5. The van der Waals surface area contributed by atoms with Gasteiger partial charge in [-0.2, -0.15) is 0 Å². The molecule has 0 saturated heterocycles. The third kappa shape index (κ3) is 3.08. The molecule has 0 bridgehead atoms. The van der Waals surface area contributed by atoms with E-state index in [1.807, 2.05) is 48.5 Å². The van der Waals surface area contributed by atoms with E-state index in [1.165, 1.54) is 0 Å². The maximum Gasteiger partial charge on any atom is 0.145 e. The van der Waals surface area contributed by atoms with Gasteiger partial charge in [-0.05, 0) is 34.9 Å². The van der Waals surface area contributed by atoms with Crippen LogP contribution in [0.15, 0.2) is 103 Å². The van der Waals surface area contributed by atoms with Crippen LogP contribution in [0.2, 0.25) is 5.02 Å². The Kier molecular flexibility index (Phi) is 4.19. The minimum absolute atomic E-state index is 0.738. The Balaban J connectivity index is 1.76. The van der Waals surface area contributed by atoms with Crippen LogP contribution in [0, 0.1) is 0 Å². The number of pyridine rings is 1. The van der Waals surface area contributed by atoms with Gasteiger partial charge in [-0.1, -0.05) is 84.4 Å². The fourth-order valence-electron chi connectivity index (χ4n) is 3.48. The molecule has 0 radical (unpaired) electrons. The van der Waals surface area contributed by atoms with Crippen molar-refractivity contribution in [1.29, 1.82) is 0 Å². The van der Waals surface area contributed by atoms with Crippen LogP contribution in [0.3, 0.4) is 0 Å². The average Bonchev–Trinajstić information content (AvgIpc) is 3.19. The maximum atomic E-state index is 6.08. The lowest BCUT2D eigenvalue weighted by molar-refractivity contribution is 1.19. The van der Waals surface area contributed by atoms with E-state index in [2.05, 4.69) is 59.3 Å². The van der Waals surface area contributed by atoms with E-state index in [0.29, 0.717) is 0 Å². The van der Waals surface area contributed by atoms with Gasteiger partial charge >= 0.3 is 0 Å². The Morgan fingerprint density at radius 1 is 0.607 bits per heavy atom. The predicted molar refractivity (Wildman–Crippen MR) is 117 cm³/mol. The Morgan fingerprint density at radius 2 is 1.25 bits per heavy atom. The highest BCUT2D eigenvalue weighted by molar-refractivity contribution is 6.30. The molecule has 0 fully saturated rings. The fourth-order valence-corrected chi connectivity index (χ4v) is 3.60. The summed E-state index contributed by atoms with van der Waals surface area (Å²) in [6.45, 7) is 0. The number of fused-ring (bicyclic) bond motifs is 1. The van der Waals surface area contributed by atoms with Crippen molar-refractivity contribution < 1.29 is 0 Å². The number of nitrogens with zero attached hydrogens (tertiary/aromatic N) is 2. The third-order valence-electron chi connectivity index (χ3n) is 4.88. The number of aromatic nitrogens is 2. The van der Waals surface area contributed by atoms with Crippen LogP contribution in [0.1, 0.15) is 0 Å². The minimum Gasteiger partial charge on any atom is -0.305 e. The lowest BCUT2D eigenvalue weighted by Gasteiger charge is -2.09. The van der Waals surface area contributed by atoms with Crippen molar-refractivity contribution in [3.63, 3.8) is 0 Å². The monoisotopic (exact) mass is 380 g/mol. The summed E-state index contributed by atoms with van der Waals surface area (Å²) in [5.41, 5.74) is 7.52. The van der Waals surface area contributed by atoms with Gasteiger partial charge in [0.1, 0.15) is 5.65 Å². The Labute approximate surface area is 168 Å². The Morgan fingerprint density at radius 3 is 1.93 bits per heavy atom. The summed E-state index contributed by atoms with van der Waals surface area (Å²) < 4.78 is 2.12. The molecule has 2 heterocycles. The fraction of sp³-hybridized carbons (Fsp3) is 0. The molecule has 0 N–H and O–H groups in total. The summed E-state index contributed by atoms with van der Waals surface area (Å²) in [6.07, 6.45) is 4.22. The summed E-state index contributed by atoms with van der Waals surface area (Å²) in [4.78, 5) is 4.95. The molecule has 0 unspecified atom stereocenters. The summed E-state index contributed by atoms with van der Waals surface area (Å²) in [6, 6.07) is 30.8. The van der Waals surface area contributed by atoms with E-state index in [-0.39, 0.29) is 0 Å². The molecule has 134 valence electrons. The summed E-state index contributed by atoms with van der Waals surface area (Å²) in [5, 5.41) is 0.738. The van der Waals surface area contributed by atoms with E-state index in [4.69, 9.17) is 16.6 Å². The quantitative estimate of drug-likeness (QED) is 0.329. The molecule has 0 aliphatic heterocycles. The summed E-state index contributed by atoms with van der Waals surface area (Å²) >= 11 is 6.08. The van der Waals surface area contributed by atoms with Crippen LogP contribution in [0.25, 0.3) is 39.2 Å². The van der Waals surface area contributed by atoms with Gasteiger partial charge in [0, 0.05) is 28.5 Å². The molecular weight excluding hydrogens is 364 g/mol. The van der Waals surface area contributed by atoms with Gasteiger partial charge in [0.05, 0.1) is 5.69 Å². The van der Waals surface area contributed by atoms with Gasteiger partial charge in [-0.15, -0.1) is 0 Å². The molecule has 3 aromatic carbocycles. The van der Waals surface area contributed by atoms with Crippen molar-refractivity contribution in [2.24, 2.45) is 0 Å². The van der Waals surface area contributed by atoms with Crippen LogP contribution in [-0.2, 0) is 0 Å². The van der Waals surface area contributed by atoms with Crippen molar-refractivity contribution in [1.82, 2.24) is 9.38 Å². The second-order valence-corrected chi connectivity index (χ2v) is 7.17. The molecule has 2 nitrogen and oxygen atoms in total. The zero-order chi connectivity index (χ0) is 18.9. The molecule has 0 atom stereocenters. The molecule has 0 spiro atoms. The number of halogens is 1. The largest absolute Gasteiger partial charge is 0.305 e. The summed E-state index contributed by atoms with van der Waals surface area (Å²) in [5.74, 6) is 0. The Bertz CT molecular complexity index is 1240. The van der Waals surface area contributed by atoms with Crippen LogP contribution >= 0.6 is 11.6 Å². The molecule has 5 aromatic rings. The first-order valence-electron chi connectivity index (χ1n) is 9.17. The van der Waals surface area contributed by atoms with Crippen molar-refractivity contribution >= 4 is 17.2 Å². The zero-order valence-electron chi connectivity index (χ0n) is 15.1. The van der Waals surface area contributed by atoms with Gasteiger partial charge in [-0.25, -0.2) is 4.98 Å². The minimum atomic E-state index is 0.738. The molecule has 0 aliphatic carbocycles. The van der Waals surface area contributed by atoms with Gasteiger partial charge in [0.2, 0.25) is 0 Å². The summed E-state index contributed by atoms with van der Waals surface area (Å²) in [7, 11) is 0. The first-order chi connectivity index (χ1) is 13.8. The number of hydrogen-bond acceptors (Lipinski definition) is 1. The van der Waals surface area contributed by atoms with Gasteiger partial charge in [0.25, 0.3) is 0 Å². The van der Waals surface area contributed by atoms with Crippen LogP contribution in [0.5, 0.6) is 0 Å². The number of benzene rings is 3. The molecule has 3 heteroatoms. The predicted octanol–water partition coefficient (Wildman–Crippen LogP) is 6.99. The highest BCUT2D eigenvalue weighted by Gasteiger charge is 2.12. The SMILES string of the molecule is Clc1ccc(-c2cc(-c3ccccc3)c3nc(-c4ccccc4)cn3c2)cc1. The van der Waals surface area contributed by atoms with E-state index in [1.54, 1.807) is 0 Å². The van der Waals surface area contributed by atoms with E-state index < -0.39 is 0 Å². The second-order valence-electron chi connectivity index (χ2n) is 6.74. The zero-order valence-corrected chi connectivity index (χ0v) is 15.8. The van der Waals surface area contributed by atoms with Gasteiger partial charge in [0.15, 0.2) is 0 Å². The third-order valence-corrected chi connectivity index (χ3v) is 5.14. The topological polar surface area (TPSA) is 17.3 Å². The highest BCUT2D eigenvalue weighted by Crippen LogP contribution is 2.32. The van der Waals surface area contributed by atoms with Crippen LogP contribution < -0.4 is 0 Å². The average molecular weight is 381 g/mol. The number of rotatable bonds is 3. The van der Waals surface area contributed by atoms with Gasteiger partial charge in [-0.3, -0.25) is 0 Å². The number of hydrogen-bond donors (Lipinski definition) is 0. The maximum absolute atomic E-state index is 6.08. The lowest BCUT2D eigenvalue weighted by Crippen LogP contribution is -1.91. The van der Waals surface area contributed by atoms with Gasteiger partial charge < -0.3 is 4.40 Å². The lowest BCUT2D eigenvalue weighted by atomic mass is 10.0. The molecular formula is C25H17ClN2.